The third kappa shape index (κ3) is 7.23. The molecule has 4 rings (SSSR count). The van der Waals surface area contributed by atoms with E-state index < -0.39 is 6.04 Å². The van der Waals surface area contributed by atoms with Crippen LogP contribution in [0.1, 0.15) is 31.4 Å². The van der Waals surface area contributed by atoms with Crippen LogP contribution in [0.15, 0.2) is 102 Å². The van der Waals surface area contributed by atoms with E-state index in [0.29, 0.717) is 12.2 Å². The summed E-state index contributed by atoms with van der Waals surface area (Å²) < 4.78 is 7.02. The Labute approximate surface area is 232 Å². The molecule has 0 heterocycles. The molecule has 6 heteroatoms. The van der Waals surface area contributed by atoms with E-state index in [4.69, 9.17) is 4.74 Å². The molecule has 4 aromatic carbocycles. The van der Waals surface area contributed by atoms with Crippen LogP contribution < -0.4 is 10.1 Å². The maximum atomic E-state index is 13.8. The van der Waals surface area contributed by atoms with Gasteiger partial charge in [0, 0.05) is 28.9 Å². The van der Waals surface area contributed by atoms with E-state index in [2.05, 4.69) is 21.2 Å². The van der Waals surface area contributed by atoms with Gasteiger partial charge in [0.2, 0.25) is 5.91 Å². The minimum Gasteiger partial charge on any atom is -0.483 e. The molecule has 0 saturated carbocycles. The molecule has 0 unspecified atom stereocenters. The number of hydrogen-bond acceptors (Lipinski definition) is 3. The lowest BCUT2D eigenvalue weighted by Crippen LogP contribution is -2.53. The number of halogens is 1. The molecule has 0 fully saturated rings. The lowest BCUT2D eigenvalue weighted by molar-refractivity contribution is -0.143. The highest BCUT2D eigenvalue weighted by Crippen LogP contribution is 2.25. The van der Waals surface area contributed by atoms with Crippen molar-refractivity contribution in [1.29, 1.82) is 0 Å². The highest BCUT2D eigenvalue weighted by molar-refractivity contribution is 9.10. The van der Waals surface area contributed by atoms with Crippen molar-refractivity contribution in [2.45, 2.75) is 45.3 Å². The summed E-state index contributed by atoms with van der Waals surface area (Å²) in [6, 6.07) is 30.6. The molecule has 0 aliphatic heterocycles. The molecule has 38 heavy (non-hydrogen) atoms. The van der Waals surface area contributed by atoms with Crippen molar-refractivity contribution in [2.24, 2.45) is 0 Å². The molecule has 0 bridgehead atoms. The number of fused-ring (bicyclic) bond motifs is 1. The Balaban J connectivity index is 1.64. The van der Waals surface area contributed by atoms with Crippen LogP contribution in [0.2, 0.25) is 0 Å². The summed E-state index contributed by atoms with van der Waals surface area (Å²) in [5, 5.41) is 5.08. The average Bonchev–Trinajstić information content (AvgIpc) is 2.95. The molecule has 0 aliphatic rings. The summed E-state index contributed by atoms with van der Waals surface area (Å²) in [6.07, 6.45) is 1.20. The van der Waals surface area contributed by atoms with E-state index >= 15 is 0 Å². The lowest BCUT2D eigenvalue weighted by atomic mass is 10.0. The van der Waals surface area contributed by atoms with E-state index in [1.54, 1.807) is 4.90 Å². The number of nitrogens with one attached hydrogen (secondary N) is 1. The predicted octanol–water partition coefficient (Wildman–Crippen LogP) is 6.54. The van der Waals surface area contributed by atoms with Gasteiger partial charge in [-0.1, -0.05) is 102 Å². The molecule has 0 saturated heterocycles. The van der Waals surface area contributed by atoms with Gasteiger partial charge in [0.1, 0.15) is 11.8 Å². The van der Waals surface area contributed by atoms with E-state index in [1.165, 1.54) is 0 Å². The van der Waals surface area contributed by atoms with Gasteiger partial charge >= 0.3 is 0 Å². The molecule has 196 valence electrons. The van der Waals surface area contributed by atoms with Gasteiger partial charge in [-0.3, -0.25) is 9.59 Å². The van der Waals surface area contributed by atoms with Crippen LogP contribution >= 0.6 is 15.9 Å². The topological polar surface area (TPSA) is 58.6 Å². The molecule has 0 aliphatic carbocycles. The van der Waals surface area contributed by atoms with Gasteiger partial charge in [0.15, 0.2) is 6.61 Å². The maximum absolute atomic E-state index is 13.8. The minimum absolute atomic E-state index is 0.00246. The van der Waals surface area contributed by atoms with Gasteiger partial charge in [0.25, 0.3) is 5.91 Å². The van der Waals surface area contributed by atoms with Crippen LogP contribution in [-0.2, 0) is 22.6 Å². The first-order valence-electron chi connectivity index (χ1n) is 12.9. The van der Waals surface area contributed by atoms with Crippen LogP contribution in [0.3, 0.4) is 0 Å². The molecular formula is C32H33BrN2O3. The summed E-state index contributed by atoms with van der Waals surface area (Å²) >= 11 is 3.48. The van der Waals surface area contributed by atoms with Crippen molar-refractivity contribution < 1.29 is 14.3 Å². The Morgan fingerprint density at radius 3 is 2.29 bits per heavy atom. The van der Waals surface area contributed by atoms with Crippen molar-refractivity contribution in [2.75, 3.05) is 6.61 Å². The molecule has 0 spiro atoms. The zero-order valence-corrected chi connectivity index (χ0v) is 23.4. The van der Waals surface area contributed by atoms with Gasteiger partial charge in [-0.25, -0.2) is 0 Å². The smallest absolute Gasteiger partial charge is 0.261 e. The van der Waals surface area contributed by atoms with E-state index in [0.717, 1.165) is 32.8 Å². The summed E-state index contributed by atoms with van der Waals surface area (Å²) in [4.78, 5) is 29.1. The highest BCUT2D eigenvalue weighted by Gasteiger charge is 2.31. The maximum Gasteiger partial charge on any atom is 0.261 e. The summed E-state index contributed by atoms with van der Waals surface area (Å²) in [6.45, 7) is 4.12. The van der Waals surface area contributed by atoms with Crippen molar-refractivity contribution in [3.8, 4) is 5.75 Å². The molecule has 4 aromatic rings. The first kappa shape index (κ1) is 27.4. The number of benzene rings is 4. The summed E-state index contributed by atoms with van der Waals surface area (Å²) in [7, 11) is 0. The highest BCUT2D eigenvalue weighted by atomic mass is 79.9. The van der Waals surface area contributed by atoms with E-state index in [-0.39, 0.29) is 31.0 Å². The largest absolute Gasteiger partial charge is 0.483 e. The fourth-order valence-corrected chi connectivity index (χ4v) is 4.59. The van der Waals surface area contributed by atoms with Crippen molar-refractivity contribution in [3.05, 3.63) is 113 Å². The van der Waals surface area contributed by atoms with Gasteiger partial charge in [-0.2, -0.15) is 0 Å². The first-order valence-corrected chi connectivity index (χ1v) is 13.7. The fourth-order valence-electron chi connectivity index (χ4n) is 4.33. The van der Waals surface area contributed by atoms with E-state index in [9.17, 15) is 9.59 Å². The number of amides is 2. The SMILES string of the molecule is CC[C@H](C)NC(=O)[C@@H](Cc1ccccc1)N(Cc1ccc(Br)cc1)C(=O)COc1cccc2ccccc12. The summed E-state index contributed by atoms with van der Waals surface area (Å²) in [5.74, 6) is 0.226. The van der Waals surface area contributed by atoms with Gasteiger partial charge < -0.3 is 15.0 Å². The number of carbonyl (C=O) groups is 2. The predicted molar refractivity (Wildman–Crippen MR) is 156 cm³/mol. The van der Waals surface area contributed by atoms with Crippen molar-refractivity contribution in [3.63, 3.8) is 0 Å². The number of rotatable bonds is 11. The molecule has 0 radical (unpaired) electrons. The second-order valence-electron chi connectivity index (χ2n) is 9.44. The molecular weight excluding hydrogens is 540 g/mol. The lowest BCUT2D eigenvalue weighted by Gasteiger charge is -2.32. The minimum atomic E-state index is -0.696. The Hall–Kier alpha value is -3.64. The van der Waals surface area contributed by atoms with Gasteiger partial charge in [-0.15, -0.1) is 0 Å². The molecule has 1 N–H and O–H groups in total. The van der Waals surface area contributed by atoms with Gasteiger partial charge in [-0.05, 0) is 48.1 Å². The first-order chi connectivity index (χ1) is 18.4. The molecule has 2 amide bonds. The summed E-state index contributed by atoms with van der Waals surface area (Å²) in [5.41, 5.74) is 1.92. The van der Waals surface area contributed by atoms with Crippen LogP contribution in [0, 0.1) is 0 Å². The third-order valence-electron chi connectivity index (χ3n) is 6.64. The van der Waals surface area contributed by atoms with Crippen LogP contribution in [0.25, 0.3) is 10.8 Å². The van der Waals surface area contributed by atoms with Crippen LogP contribution in [-0.4, -0.2) is 35.4 Å². The monoisotopic (exact) mass is 572 g/mol. The number of nitrogens with zero attached hydrogens (tertiary/aromatic N) is 1. The third-order valence-corrected chi connectivity index (χ3v) is 7.17. The van der Waals surface area contributed by atoms with E-state index in [1.807, 2.05) is 111 Å². The number of ether oxygens (including phenoxy) is 1. The standard InChI is InChI=1S/C32H33BrN2O3/c1-3-23(2)34-32(37)29(20-24-10-5-4-6-11-24)35(21-25-16-18-27(33)19-17-25)31(36)22-38-30-15-9-13-26-12-7-8-14-28(26)30/h4-19,23,29H,3,20-22H2,1-2H3,(H,34,37)/t23-,29+/m0/s1. The second kappa shape index (κ2) is 13.2. The molecule has 5 nitrogen and oxygen atoms in total. The Morgan fingerprint density at radius 1 is 0.868 bits per heavy atom. The van der Waals surface area contributed by atoms with Gasteiger partial charge in [0.05, 0.1) is 0 Å². The van der Waals surface area contributed by atoms with Crippen molar-refractivity contribution in [1.82, 2.24) is 10.2 Å². The Bertz CT molecular complexity index is 1350. The number of carbonyl (C=O) groups excluding carboxylic acids is 2. The molecule has 0 aromatic heterocycles. The van der Waals surface area contributed by atoms with Crippen LogP contribution in [0.4, 0.5) is 0 Å². The molecule has 2 atom stereocenters. The quantitative estimate of drug-likeness (QED) is 0.222. The zero-order valence-electron chi connectivity index (χ0n) is 21.8. The van der Waals surface area contributed by atoms with Crippen LogP contribution in [0.5, 0.6) is 5.75 Å². The Kier molecular flexibility index (Phi) is 9.55. The Morgan fingerprint density at radius 2 is 1.55 bits per heavy atom. The zero-order chi connectivity index (χ0) is 26.9. The number of hydrogen-bond donors (Lipinski definition) is 1. The average molecular weight is 574 g/mol. The normalized spacial score (nSPS) is 12.5. The second-order valence-corrected chi connectivity index (χ2v) is 10.4. The fraction of sp³-hybridized carbons (Fsp3) is 0.250. The van der Waals surface area contributed by atoms with Crippen molar-refractivity contribution >= 4 is 38.5 Å².